The van der Waals surface area contributed by atoms with Gasteiger partial charge < -0.3 is 4.98 Å². The average Bonchev–Trinajstić information content (AvgIpc) is 2.70. The summed E-state index contributed by atoms with van der Waals surface area (Å²) in [6.45, 7) is 0. The molecule has 0 aliphatic rings. The third-order valence-corrected chi connectivity index (χ3v) is 4.12. The molecule has 3 aromatic heterocycles. The Morgan fingerprint density at radius 2 is 1.30 bits per heavy atom. The van der Waals surface area contributed by atoms with Crippen LogP contribution in [-0.4, -0.2) is 15.0 Å². The molecular formula is C23H18N3Pt-. The van der Waals surface area contributed by atoms with Gasteiger partial charge in [0.25, 0.3) is 0 Å². The van der Waals surface area contributed by atoms with Crippen molar-refractivity contribution >= 4 is 0 Å². The monoisotopic (exact) mass is 531 g/mol. The van der Waals surface area contributed by atoms with Gasteiger partial charge in [0.15, 0.2) is 0 Å². The average molecular weight is 531 g/mol. The van der Waals surface area contributed by atoms with Crippen LogP contribution in [0.15, 0.2) is 85.2 Å². The number of aromatic nitrogens is 3. The molecule has 3 nitrogen and oxygen atoms in total. The van der Waals surface area contributed by atoms with Gasteiger partial charge in [-0.05, 0) is 42.4 Å². The van der Waals surface area contributed by atoms with Crippen LogP contribution in [0.25, 0.3) is 11.3 Å². The molecule has 3 heterocycles. The van der Waals surface area contributed by atoms with Crippen LogP contribution in [0, 0.1) is 6.07 Å². The topological polar surface area (TPSA) is 38.7 Å². The summed E-state index contributed by atoms with van der Waals surface area (Å²) in [5, 5.41) is 0. The van der Waals surface area contributed by atoms with Crippen LogP contribution in [0.1, 0.15) is 22.6 Å². The number of pyridine rings is 3. The summed E-state index contributed by atoms with van der Waals surface area (Å²) in [6, 6.07) is 27.7. The van der Waals surface area contributed by atoms with Crippen molar-refractivity contribution in [3.8, 4) is 11.3 Å². The molecule has 0 atom stereocenters. The smallest absolute Gasteiger partial charge is 0.0462 e. The minimum Gasteiger partial charge on any atom is -0.301 e. The number of benzene rings is 1. The summed E-state index contributed by atoms with van der Waals surface area (Å²) in [6.07, 6.45) is 5.13. The third-order valence-electron chi connectivity index (χ3n) is 4.12. The van der Waals surface area contributed by atoms with E-state index in [0.29, 0.717) is 0 Å². The van der Waals surface area contributed by atoms with E-state index in [-0.39, 0.29) is 21.1 Å². The van der Waals surface area contributed by atoms with Crippen molar-refractivity contribution in [2.75, 3.05) is 0 Å². The molecule has 1 aromatic carbocycles. The first-order chi connectivity index (χ1) is 12.9. The van der Waals surface area contributed by atoms with E-state index < -0.39 is 0 Å². The minimum absolute atomic E-state index is 0. The second-order valence-electron chi connectivity index (χ2n) is 6.10. The maximum atomic E-state index is 4.80. The zero-order chi connectivity index (χ0) is 17.6. The molecule has 4 rings (SSSR count). The van der Waals surface area contributed by atoms with E-state index >= 15 is 0 Å². The summed E-state index contributed by atoms with van der Waals surface area (Å²) in [5.74, 6) is 0. The molecule has 136 valence electrons. The number of hydrogen-bond donors (Lipinski definition) is 0. The summed E-state index contributed by atoms with van der Waals surface area (Å²) in [4.78, 5) is 13.6. The van der Waals surface area contributed by atoms with Crippen molar-refractivity contribution in [2.45, 2.75) is 12.8 Å². The fourth-order valence-electron chi connectivity index (χ4n) is 2.88. The van der Waals surface area contributed by atoms with Crippen LogP contribution in [0.2, 0.25) is 0 Å². The van der Waals surface area contributed by atoms with Gasteiger partial charge in [-0.15, -0.1) is 35.4 Å². The molecule has 0 aliphatic heterocycles. The van der Waals surface area contributed by atoms with E-state index in [2.05, 4.69) is 34.2 Å². The first-order valence-electron chi connectivity index (χ1n) is 8.64. The van der Waals surface area contributed by atoms with E-state index in [1.165, 1.54) is 0 Å². The molecule has 0 amide bonds. The Hall–Kier alpha value is -2.64. The maximum Gasteiger partial charge on any atom is 0.0462 e. The predicted molar refractivity (Wildman–Crippen MR) is 103 cm³/mol. The quantitative estimate of drug-likeness (QED) is 0.356. The molecule has 0 fully saturated rings. The van der Waals surface area contributed by atoms with Gasteiger partial charge >= 0.3 is 0 Å². The Morgan fingerprint density at radius 1 is 0.630 bits per heavy atom. The molecule has 0 aliphatic carbocycles. The van der Waals surface area contributed by atoms with Gasteiger partial charge in [0.2, 0.25) is 0 Å². The Labute approximate surface area is 173 Å². The van der Waals surface area contributed by atoms with Gasteiger partial charge in [-0.3, -0.25) is 9.97 Å². The van der Waals surface area contributed by atoms with Gasteiger partial charge in [0.1, 0.15) is 0 Å². The second kappa shape index (κ2) is 9.34. The van der Waals surface area contributed by atoms with Crippen LogP contribution in [0.3, 0.4) is 0 Å². The van der Waals surface area contributed by atoms with Crippen molar-refractivity contribution in [3.63, 3.8) is 0 Å². The summed E-state index contributed by atoms with van der Waals surface area (Å²) >= 11 is 0. The Kier molecular flexibility index (Phi) is 6.62. The zero-order valence-corrected chi connectivity index (χ0v) is 16.9. The molecule has 4 aromatic rings. The van der Waals surface area contributed by atoms with Gasteiger partial charge in [-0.2, -0.15) is 0 Å². The van der Waals surface area contributed by atoms with Crippen molar-refractivity contribution < 1.29 is 21.1 Å². The molecule has 0 radical (unpaired) electrons. The van der Waals surface area contributed by atoms with E-state index in [9.17, 15) is 0 Å². The van der Waals surface area contributed by atoms with Crippen molar-refractivity contribution in [2.24, 2.45) is 0 Å². The van der Waals surface area contributed by atoms with Gasteiger partial charge in [-0.1, -0.05) is 24.3 Å². The zero-order valence-electron chi connectivity index (χ0n) is 14.7. The van der Waals surface area contributed by atoms with Gasteiger partial charge in [0.05, 0.1) is 0 Å². The van der Waals surface area contributed by atoms with Crippen molar-refractivity contribution in [1.29, 1.82) is 0 Å². The Balaban J connectivity index is 0.00000210. The van der Waals surface area contributed by atoms with E-state index in [0.717, 1.165) is 46.7 Å². The first kappa shape index (κ1) is 19.1. The molecule has 27 heavy (non-hydrogen) atoms. The Morgan fingerprint density at radius 3 is 2.00 bits per heavy atom. The van der Waals surface area contributed by atoms with Gasteiger partial charge in [0, 0.05) is 57.0 Å². The molecule has 0 bridgehead atoms. The van der Waals surface area contributed by atoms with Crippen LogP contribution in [-0.2, 0) is 33.9 Å². The standard InChI is InChI=1S/C23H18N3.Pt/c1-3-13-24-20(9-1)16-18-7-5-8-19(15-18)23-12-6-11-22(26-23)17-21-10-2-4-14-25-21;/h1-14H,16-17H2;/q-1;. The predicted octanol–water partition coefficient (Wildman–Crippen LogP) is 4.52. The molecule has 0 spiro atoms. The van der Waals surface area contributed by atoms with Crippen LogP contribution in [0.5, 0.6) is 0 Å². The Bertz CT molecular complexity index is 905. The third kappa shape index (κ3) is 5.18. The largest absolute Gasteiger partial charge is 0.301 e. The molecule has 4 heteroatoms. The van der Waals surface area contributed by atoms with Crippen molar-refractivity contribution in [1.82, 2.24) is 15.0 Å². The van der Waals surface area contributed by atoms with Crippen LogP contribution < -0.4 is 0 Å². The summed E-state index contributed by atoms with van der Waals surface area (Å²) < 4.78 is 0. The van der Waals surface area contributed by atoms with Crippen LogP contribution >= 0.6 is 0 Å². The van der Waals surface area contributed by atoms with Crippen LogP contribution in [0.4, 0.5) is 0 Å². The maximum absolute atomic E-state index is 4.80. The van der Waals surface area contributed by atoms with Gasteiger partial charge in [-0.25, -0.2) is 0 Å². The summed E-state index contributed by atoms with van der Waals surface area (Å²) in [5.41, 5.74) is 6.10. The van der Waals surface area contributed by atoms with E-state index in [1.807, 2.05) is 67.0 Å². The normalized spacial score (nSPS) is 10.2. The molecule has 0 unspecified atom stereocenters. The molecule has 0 saturated carbocycles. The van der Waals surface area contributed by atoms with E-state index in [4.69, 9.17) is 4.98 Å². The SMILES string of the molecule is [Pt].[c-]1c(Cc2ccccn2)cccc1-c1cccc(Cc2ccccn2)n1. The number of nitrogens with zero attached hydrogens (tertiary/aromatic N) is 3. The number of rotatable bonds is 5. The minimum atomic E-state index is 0. The van der Waals surface area contributed by atoms with Crippen molar-refractivity contribution in [3.05, 3.63) is 114 Å². The first-order valence-corrected chi connectivity index (χ1v) is 8.64. The molecule has 0 saturated heterocycles. The second-order valence-corrected chi connectivity index (χ2v) is 6.10. The fourth-order valence-corrected chi connectivity index (χ4v) is 2.88. The molecule has 0 N–H and O–H groups in total. The fraction of sp³-hybridized carbons (Fsp3) is 0.0870. The summed E-state index contributed by atoms with van der Waals surface area (Å²) in [7, 11) is 0. The number of hydrogen-bond acceptors (Lipinski definition) is 3. The molecular weight excluding hydrogens is 513 g/mol. The van der Waals surface area contributed by atoms with E-state index in [1.54, 1.807) is 0 Å².